The maximum Gasteiger partial charge on any atom is 0.0159 e. The Morgan fingerprint density at radius 3 is 0.696 bits per heavy atom. The molecule has 0 aliphatic rings. The first-order valence-electron chi connectivity index (χ1n) is 22.0. The van der Waals surface area contributed by atoms with Gasteiger partial charge in [0.25, 0.3) is 0 Å². The molecule has 0 aliphatic carbocycles. The van der Waals surface area contributed by atoms with Gasteiger partial charge in [-0.25, -0.2) is 0 Å². The second kappa shape index (κ2) is 40.9. The van der Waals surface area contributed by atoms with E-state index in [2.05, 4.69) is 38.9 Å². The summed E-state index contributed by atoms with van der Waals surface area (Å²) in [5.74, 6) is 0. The van der Waals surface area contributed by atoms with Crippen molar-refractivity contribution in [1.29, 1.82) is 0 Å². The zero-order valence-corrected chi connectivity index (χ0v) is 33.1. The molecule has 0 fully saturated rings. The van der Waals surface area contributed by atoms with E-state index in [1.807, 2.05) is 0 Å². The summed E-state index contributed by atoms with van der Waals surface area (Å²) < 4.78 is 0. The minimum atomic E-state index is 1.12. The third-order valence-electron chi connectivity index (χ3n) is 10.4. The normalized spacial score (nSPS) is 11.6. The average Bonchev–Trinajstić information content (AvgIpc) is 3.05. The topological polar surface area (TPSA) is 3.24 Å². The van der Waals surface area contributed by atoms with Crippen LogP contribution in [0.5, 0.6) is 0 Å². The summed E-state index contributed by atoms with van der Waals surface area (Å²) >= 11 is 0. The van der Waals surface area contributed by atoms with Gasteiger partial charge in [-0.05, 0) is 39.8 Å². The Labute approximate surface area is 294 Å². The quantitative estimate of drug-likeness (QED) is 0.0473. The molecule has 46 heavy (non-hydrogen) atoms. The molecule has 0 unspecified atom stereocenters. The van der Waals surface area contributed by atoms with Crippen molar-refractivity contribution in [3.63, 3.8) is 0 Å². The first-order chi connectivity index (χ1) is 22.7. The summed E-state index contributed by atoms with van der Waals surface area (Å²) in [4.78, 5) is 2.32. The largest absolute Gasteiger partial charge is 0.306 e. The highest BCUT2D eigenvalue weighted by atomic mass is 15.0. The first-order valence-corrected chi connectivity index (χ1v) is 22.0. The molecule has 0 saturated heterocycles. The van der Waals surface area contributed by atoms with Crippen molar-refractivity contribution in [2.24, 2.45) is 0 Å². The zero-order chi connectivity index (χ0) is 33.4. The van der Waals surface area contributed by atoms with Gasteiger partial charge in [0, 0.05) is 6.54 Å². The van der Waals surface area contributed by atoms with Gasteiger partial charge < -0.3 is 4.90 Å². The Bertz CT molecular complexity index is 521. The molecule has 0 spiro atoms. The molecule has 0 aromatic rings. The van der Waals surface area contributed by atoms with Crippen LogP contribution in [-0.4, -0.2) is 25.5 Å². The number of unbranched alkanes of at least 4 members (excludes halogenated alkanes) is 34. The van der Waals surface area contributed by atoms with E-state index in [1.165, 1.54) is 244 Å². The van der Waals surface area contributed by atoms with Crippen LogP contribution in [0.15, 0.2) is 11.6 Å². The lowest BCUT2D eigenvalue weighted by atomic mass is 9.98. The Hall–Kier alpha value is -0.300. The minimum Gasteiger partial charge on any atom is -0.306 e. The monoisotopic (exact) mass is 646 g/mol. The van der Waals surface area contributed by atoms with Crippen molar-refractivity contribution in [1.82, 2.24) is 4.90 Å². The maximum absolute atomic E-state index is 2.56. The molecule has 0 aliphatic heterocycles. The Morgan fingerprint density at radius 2 is 0.500 bits per heavy atom. The summed E-state index contributed by atoms with van der Waals surface area (Å²) in [6, 6.07) is 0. The van der Waals surface area contributed by atoms with Crippen LogP contribution < -0.4 is 0 Å². The summed E-state index contributed by atoms with van der Waals surface area (Å²) in [5.41, 5.74) is 1.75. The first kappa shape index (κ1) is 45.7. The van der Waals surface area contributed by atoms with E-state index in [9.17, 15) is 0 Å². The van der Waals surface area contributed by atoms with E-state index < -0.39 is 0 Å². The van der Waals surface area contributed by atoms with Crippen LogP contribution in [0.3, 0.4) is 0 Å². The Morgan fingerprint density at radius 1 is 0.304 bits per heavy atom. The highest BCUT2D eigenvalue weighted by Crippen LogP contribution is 2.20. The number of allylic oxidation sites excluding steroid dienone is 1. The minimum absolute atomic E-state index is 1.12. The smallest absolute Gasteiger partial charge is 0.0159 e. The standard InChI is InChI=1S/C45H91N/c1-5-7-9-11-13-15-17-19-21-23-25-27-29-31-33-35-37-39-41-45(43-44-46(3)4)42-40-38-36-34-32-30-28-26-24-22-20-18-16-14-12-10-8-6-2/h43H,5-42,44H2,1-4H3. The maximum atomic E-state index is 2.56. The zero-order valence-electron chi connectivity index (χ0n) is 33.1. The van der Waals surface area contributed by atoms with Crippen molar-refractivity contribution in [2.45, 2.75) is 258 Å². The molecule has 0 aromatic heterocycles. The molecule has 0 atom stereocenters. The Kier molecular flexibility index (Phi) is 40.6. The van der Waals surface area contributed by atoms with Crippen LogP contribution in [0, 0.1) is 0 Å². The van der Waals surface area contributed by atoms with Crippen LogP contribution in [-0.2, 0) is 0 Å². The highest BCUT2D eigenvalue weighted by molar-refractivity contribution is 5.03. The number of likely N-dealkylation sites (N-methyl/N-ethyl adjacent to an activating group) is 1. The summed E-state index contributed by atoms with van der Waals surface area (Å²) in [5, 5.41) is 0. The molecule has 1 heteroatoms. The molecule has 1 nitrogen and oxygen atoms in total. The van der Waals surface area contributed by atoms with Gasteiger partial charge in [-0.2, -0.15) is 0 Å². The van der Waals surface area contributed by atoms with Crippen LogP contribution in [0.25, 0.3) is 0 Å². The van der Waals surface area contributed by atoms with Gasteiger partial charge in [-0.15, -0.1) is 0 Å². The Balaban J connectivity index is 3.54. The van der Waals surface area contributed by atoms with Gasteiger partial charge in [-0.1, -0.05) is 244 Å². The van der Waals surface area contributed by atoms with Crippen LogP contribution in [0.4, 0.5) is 0 Å². The second-order valence-electron chi connectivity index (χ2n) is 15.6. The second-order valence-corrected chi connectivity index (χ2v) is 15.6. The molecule has 0 radical (unpaired) electrons. The molecule has 0 N–H and O–H groups in total. The van der Waals surface area contributed by atoms with Gasteiger partial charge in [0.15, 0.2) is 0 Å². The van der Waals surface area contributed by atoms with Gasteiger partial charge in [0.1, 0.15) is 0 Å². The van der Waals surface area contributed by atoms with Crippen LogP contribution >= 0.6 is 0 Å². The molecular weight excluding hydrogens is 555 g/mol. The van der Waals surface area contributed by atoms with Gasteiger partial charge in [0.05, 0.1) is 0 Å². The molecule has 0 heterocycles. The highest BCUT2D eigenvalue weighted by Gasteiger charge is 2.01. The lowest BCUT2D eigenvalue weighted by Gasteiger charge is -2.11. The number of hydrogen-bond acceptors (Lipinski definition) is 1. The fraction of sp³-hybridized carbons (Fsp3) is 0.956. The predicted molar refractivity (Wildman–Crippen MR) is 213 cm³/mol. The van der Waals surface area contributed by atoms with Crippen molar-refractivity contribution < 1.29 is 0 Å². The molecule has 0 saturated carbocycles. The molecule has 276 valence electrons. The van der Waals surface area contributed by atoms with E-state index in [1.54, 1.807) is 5.57 Å². The van der Waals surface area contributed by atoms with Gasteiger partial charge in [0.2, 0.25) is 0 Å². The molecular formula is C45H91N. The molecule has 0 amide bonds. The van der Waals surface area contributed by atoms with Crippen molar-refractivity contribution in [3.8, 4) is 0 Å². The fourth-order valence-corrected chi connectivity index (χ4v) is 7.15. The van der Waals surface area contributed by atoms with E-state index in [0.717, 1.165) is 6.54 Å². The summed E-state index contributed by atoms with van der Waals surface area (Å²) in [7, 11) is 4.42. The predicted octanol–water partition coefficient (Wildman–Crippen LogP) is 16.3. The molecule has 0 aromatic carbocycles. The summed E-state index contributed by atoms with van der Waals surface area (Å²) in [6.45, 7) is 5.74. The number of rotatable bonds is 40. The third kappa shape index (κ3) is 39.9. The van der Waals surface area contributed by atoms with E-state index in [4.69, 9.17) is 0 Å². The third-order valence-corrected chi connectivity index (χ3v) is 10.4. The van der Waals surface area contributed by atoms with Crippen molar-refractivity contribution in [3.05, 3.63) is 11.6 Å². The van der Waals surface area contributed by atoms with E-state index in [0.29, 0.717) is 0 Å². The van der Waals surface area contributed by atoms with Crippen LogP contribution in [0.1, 0.15) is 258 Å². The fourth-order valence-electron chi connectivity index (χ4n) is 7.15. The lowest BCUT2D eigenvalue weighted by Crippen LogP contribution is -2.11. The van der Waals surface area contributed by atoms with E-state index >= 15 is 0 Å². The SMILES string of the molecule is CCCCCCCCCCCCCCCCCCCCC(=CCN(C)C)CCCCCCCCCCCCCCCCCCCC. The van der Waals surface area contributed by atoms with Gasteiger partial charge in [-0.3, -0.25) is 0 Å². The molecule has 0 bridgehead atoms. The molecule has 0 rings (SSSR count). The average molecular weight is 646 g/mol. The number of nitrogens with zero attached hydrogens (tertiary/aromatic N) is 1. The lowest BCUT2D eigenvalue weighted by molar-refractivity contribution is 0.453. The summed E-state index contributed by atoms with van der Waals surface area (Å²) in [6.07, 6.45) is 57.9. The van der Waals surface area contributed by atoms with E-state index in [-0.39, 0.29) is 0 Å². The van der Waals surface area contributed by atoms with Gasteiger partial charge >= 0.3 is 0 Å². The number of hydrogen-bond donors (Lipinski definition) is 0. The van der Waals surface area contributed by atoms with Crippen molar-refractivity contribution in [2.75, 3.05) is 20.6 Å². The van der Waals surface area contributed by atoms with Crippen LogP contribution in [0.2, 0.25) is 0 Å². The van der Waals surface area contributed by atoms with Crippen molar-refractivity contribution >= 4 is 0 Å².